The number of phenolic OH excluding ortho intramolecular Hbond substituents is 1. The van der Waals surface area contributed by atoms with Crippen molar-refractivity contribution in [3.8, 4) is 5.75 Å². The van der Waals surface area contributed by atoms with Gasteiger partial charge in [-0.2, -0.15) is 0 Å². The van der Waals surface area contributed by atoms with Gasteiger partial charge in [-0.1, -0.05) is 43.3 Å². The van der Waals surface area contributed by atoms with Gasteiger partial charge >= 0.3 is 0 Å². The number of phenols is 1. The highest BCUT2D eigenvalue weighted by Crippen LogP contribution is 2.35. The highest BCUT2D eigenvalue weighted by atomic mass is 16.3. The smallest absolute Gasteiger partial charge is 0.128 e. The zero-order valence-electron chi connectivity index (χ0n) is 12.2. The van der Waals surface area contributed by atoms with Crippen molar-refractivity contribution < 1.29 is 5.11 Å². The van der Waals surface area contributed by atoms with Gasteiger partial charge in [0, 0.05) is 23.0 Å². The number of hydrogen-bond donors (Lipinski definition) is 1. The van der Waals surface area contributed by atoms with Crippen molar-refractivity contribution in [3.05, 3.63) is 42.0 Å². The molecular formula is C17H23NO. The maximum atomic E-state index is 10.5. The molecule has 0 radical (unpaired) electrons. The third-order valence-electron chi connectivity index (χ3n) is 3.91. The van der Waals surface area contributed by atoms with Crippen molar-refractivity contribution >= 4 is 10.8 Å². The van der Waals surface area contributed by atoms with Gasteiger partial charge < -0.3 is 5.11 Å². The number of hydrogen-bond acceptors (Lipinski definition) is 2. The molecule has 19 heavy (non-hydrogen) atoms. The molecule has 0 fully saturated rings. The lowest BCUT2D eigenvalue weighted by atomic mass is 9.99. The van der Waals surface area contributed by atoms with E-state index in [2.05, 4.69) is 38.7 Å². The Morgan fingerprint density at radius 2 is 1.74 bits per heavy atom. The van der Waals surface area contributed by atoms with Gasteiger partial charge in [0.15, 0.2) is 0 Å². The fraction of sp³-hybridized carbons (Fsp3) is 0.412. The van der Waals surface area contributed by atoms with E-state index in [9.17, 15) is 5.11 Å². The van der Waals surface area contributed by atoms with E-state index in [1.807, 2.05) is 30.3 Å². The highest BCUT2D eigenvalue weighted by molar-refractivity contribution is 5.89. The summed E-state index contributed by atoms with van der Waals surface area (Å²) in [6.45, 7) is 9.68. The average Bonchev–Trinajstić information content (AvgIpc) is 2.39. The Morgan fingerprint density at radius 1 is 1.05 bits per heavy atom. The minimum Gasteiger partial charge on any atom is -0.507 e. The SMILES string of the molecule is CCN(C(C)C)C(C)c1ccc2ccccc2c1O. The molecule has 102 valence electrons. The van der Waals surface area contributed by atoms with Gasteiger partial charge in [-0.15, -0.1) is 0 Å². The van der Waals surface area contributed by atoms with E-state index in [1.54, 1.807) is 0 Å². The summed E-state index contributed by atoms with van der Waals surface area (Å²) in [5.41, 5.74) is 1.01. The number of benzene rings is 2. The van der Waals surface area contributed by atoms with Crippen molar-refractivity contribution in [2.24, 2.45) is 0 Å². The summed E-state index contributed by atoms with van der Waals surface area (Å²) in [5, 5.41) is 12.5. The predicted molar refractivity (Wildman–Crippen MR) is 81.5 cm³/mol. The molecule has 0 aliphatic heterocycles. The molecule has 0 saturated carbocycles. The first-order valence-electron chi connectivity index (χ1n) is 7.02. The molecule has 2 rings (SSSR count). The number of nitrogens with zero attached hydrogens (tertiary/aromatic N) is 1. The summed E-state index contributed by atoms with van der Waals surface area (Å²) in [6.07, 6.45) is 0. The van der Waals surface area contributed by atoms with Crippen molar-refractivity contribution in [3.63, 3.8) is 0 Å². The van der Waals surface area contributed by atoms with Crippen LogP contribution in [0.2, 0.25) is 0 Å². The normalized spacial score (nSPS) is 13.4. The van der Waals surface area contributed by atoms with Crippen LogP contribution in [-0.2, 0) is 0 Å². The minimum atomic E-state index is 0.217. The first-order chi connectivity index (χ1) is 9.06. The van der Waals surface area contributed by atoms with Gasteiger partial charge in [0.2, 0.25) is 0 Å². The maximum Gasteiger partial charge on any atom is 0.128 e. The lowest BCUT2D eigenvalue weighted by molar-refractivity contribution is 0.172. The van der Waals surface area contributed by atoms with Crippen LogP contribution >= 0.6 is 0 Å². The van der Waals surface area contributed by atoms with Crippen molar-refractivity contribution in [1.29, 1.82) is 0 Å². The van der Waals surface area contributed by atoms with Gasteiger partial charge in [-0.05, 0) is 32.7 Å². The van der Waals surface area contributed by atoms with Crippen LogP contribution in [0.15, 0.2) is 36.4 Å². The molecule has 1 atom stereocenters. The molecule has 1 unspecified atom stereocenters. The standard InChI is InChI=1S/C17H23NO/c1-5-18(12(2)3)13(4)15-11-10-14-8-6-7-9-16(14)17(15)19/h6-13,19H,5H2,1-4H3. The van der Waals surface area contributed by atoms with Crippen molar-refractivity contribution in [2.45, 2.75) is 39.8 Å². The Kier molecular flexibility index (Phi) is 4.11. The first kappa shape index (κ1) is 13.9. The third-order valence-corrected chi connectivity index (χ3v) is 3.91. The third kappa shape index (κ3) is 2.59. The second-order valence-corrected chi connectivity index (χ2v) is 5.32. The maximum absolute atomic E-state index is 10.5. The molecule has 0 bridgehead atoms. The first-order valence-corrected chi connectivity index (χ1v) is 7.02. The Bertz CT molecular complexity index is 562. The molecule has 0 heterocycles. The van der Waals surface area contributed by atoms with E-state index >= 15 is 0 Å². The number of rotatable bonds is 4. The van der Waals surface area contributed by atoms with E-state index in [1.165, 1.54) is 0 Å². The molecule has 0 saturated heterocycles. The molecule has 2 nitrogen and oxygen atoms in total. The minimum absolute atomic E-state index is 0.217. The summed E-state index contributed by atoms with van der Waals surface area (Å²) in [6, 6.07) is 12.8. The van der Waals surface area contributed by atoms with E-state index < -0.39 is 0 Å². The fourth-order valence-electron chi connectivity index (χ4n) is 2.87. The largest absolute Gasteiger partial charge is 0.507 e. The lowest BCUT2D eigenvalue weighted by Crippen LogP contribution is -2.33. The van der Waals surface area contributed by atoms with Crippen LogP contribution in [0.4, 0.5) is 0 Å². The number of fused-ring (bicyclic) bond motifs is 1. The van der Waals surface area contributed by atoms with Gasteiger partial charge in [0.1, 0.15) is 5.75 Å². The topological polar surface area (TPSA) is 23.5 Å². The lowest BCUT2D eigenvalue weighted by Gasteiger charge is -2.32. The van der Waals surface area contributed by atoms with Gasteiger partial charge in [0.05, 0.1) is 0 Å². The Morgan fingerprint density at radius 3 is 2.37 bits per heavy atom. The van der Waals surface area contributed by atoms with E-state index in [-0.39, 0.29) is 6.04 Å². The summed E-state index contributed by atoms with van der Waals surface area (Å²) in [4.78, 5) is 2.38. The van der Waals surface area contributed by atoms with Gasteiger partial charge in [-0.3, -0.25) is 4.90 Å². The van der Waals surface area contributed by atoms with E-state index in [0.717, 1.165) is 22.9 Å². The van der Waals surface area contributed by atoms with Crippen LogP contribution in [0, 0.1) is 0 Å². The van der Waals surface area contributed by atoms with Crippen LogP contribution in [0.5, 0.6) is 5.75 Å². The molecule has 0 aliphatic rings. The molecule has 0 aromatic heterocycles. The molecule has 0 amide bonds. The molecule has 2 aromatic carbocycles. The molecule has 2 heteroatoms. The van der Waals surface area contributed by atoms with Crippen LogP contribution < -0.4 is 0 Å². The van der Waals surface area contributed by atoms with Crippen LogP contribution in [0.1, 0.15) is 39.3 Å². The second-order valence-electron chi connectivity index (χ2n) is 5.32. The fourth-order valence-corrected chi connectivity index (χ4v) is 2.87. The Labute approximate surface area is 115 Å². The summed E-state index contributed by atoms with van der Waals surface area (Å²) in [5.74, 6) is 0.421. The molecule has 0 aliphatic carbocycles. The molecular weight excluding hydrogens is 234 g/mol. The Balaban J connectivity index is 2.48. The quantitative estimate of drug-likeness (QED) is 0.881. The van der Waals surface area contributed by atoms with Crippen LogP contribution in [-0.4, -0.2) is 22.6 Å². The zero-order valence-corrected chi connectivity index (χ0v) is 12.2. The van der Waals surface area contributed by atoms with Crippen LogP contribution in [0.25, 0.3) is 10.8 Å². The number of aromatic hydroxyl groups is 1. The van der Waals surface area contributed by atoms with Gasteiger partial charge in [0.25, 0.3) is 0 Å². The second kappa shape index (κ2) is 5.62. The Hall–Kier alpha value is -1.54. The van der Waals surface area contributed by atoms with Gasteiger partial charge in [-0.25, -0.2) is 0 Å². The van der Waals surface area contributed by atoms with Crippen molar-refractivity contribution in [2.75, 3.05) is 6.54 Å². The summed E-state index contributed by atoms with van der Waals surface area (Å²) < 4.78 is 0. The predicted octanol–water partition coefficient (Wildman–Crippen LogP) is 4.34. The average molecular weight is 257 g/mol. The summed E-state index contributed by atoms with van der Waals surface area (Å²) >= 11 is 0. The van der Waals surface area contributed by atoms with Crippen molar-refractivity contribution in [1.82, 2.24) is 4.90 Å². The van der Waals surface area contributed by atoms with E-state index in [4.69, 9.17) is 0 Å². The zero-order chi connectivity index (χ0) is 14.0. The molecule has 0 spiro atoms. The monoisotopic (exact) mass is 257 g/mol. The molecule has 2 aromatic rings. The summed E-state index contributed by atoms with van der Waals surface area (Å²) in [7, 11) is 0. The van der Waals surface area contributed by atoms with Crippen LogP contribution in [0.3, 0.4) is 0 Å². The molecule has 1 N–H and O–H groups in total. The van der Waals surface area contributed by atoms with E-state index in [0.29, 0.717) is 11.8 Å². The highest BCUT2D eigenvalue weighted by Gasteiger charge is 2.20.